The van der Waals surface area contributed by atoms with Gasteiger partial charge in [0.2, 0.25) is 0 Å². The van der Waals surface area contributed by atoms with E-state index in [2.05, 4.69) is 31.9 Å². The van der Waals surface area contributed by atoms with Gasteiger partial charge in [0.15, 0.2) is 30.9 Å². The van der Waals surface area contributed by atoms with Crippen LogP contribution < -0.4 is 31.9 Å². The fourth-order valence-electron chi connectivity index (χ4n) is 9.10. The van der Waals surface area contributed by atoms with Crippen molar-refractivity contribution < 1.29 is 122 Å². The maximum absolute atomic E-state index is 14.8. The smallest absolute Gasteiger partial charge is 0.408 e. The number of esters is 4. The van der Waals surface area contributed by atoms with E-state index in [1.807, 2.05) is 0 Å². The van der Waals surface area contributed by atoms with Gasteiger partial charge in [-0.1, -0.05) is 0 Å². The molecule has 89 heavy (non-hydrogen) atoms. The van der Waals surface area contributed by atoms with Crippen LogP contribution >= 0.6 is 0 Å². The highest BCUT2D eigenvalue weighted by atomic mass is 32.2. The van der Waals surface area contributed by atoms with Crippen molar-refractivity contribution in [1.29, 1.82) is 0 Å². The minimum atomic E-state index is -4.84. The highest BCUT2D eigenvalue weighted by molar-refractivity contribution is 7.86. The highest BCUT2D eigenvalue weighted by Gasteiger charge is 2.58. The van der Waals surface area contributed by atoms with Crippen LogP contribution in [0.3, 0.4) is 0 Å². The number of amides is 6. The van der Waals surface area contributed by atoms with E-state index in [4.69, 9.17) is 65.8 Å². The van der Waals surface area contributed by atoms with E-state index in [0.29, 0.717) is 6.26 Å². The van der Waals surface area contributed by atoms with Crippen molar-refractivity contribution in [3.05, 3.63) is 0 Å². The molecule has 1 aliphatic carbocycles. The Morgan fingerprint density at radius 1 is 0.494 bits per heavy atom. The molecule has 3 aliphatic rings. The maximum Gasteiger partial charge on any atom is 0.408 e. The van der Waals surface area contributed by atoms with Crippen LogP contribution in [0.1, 0.15) is 157 Å². The van der Waals surface area contributed by atoms with Crippen molar-refractivity contribution in [3.63, 3.8) is 0 Å². The lowest BCUT2D eigenvalue weighted by molar-refractivity contribution is -0.316. The van der Waals surface area contributed by atoms with Crippen LogP contribution in [0.4, 0.5) is 24.0 Å². The molecule has 0 radical (unpaired) electrons. The van der Waals surface area contributed by atoms with Gasteiger partial charge in [0.25, 0.3) is 16.0 Å². The first-order chi connectivity index (χ1) is 40.6. The molecule has 0 spiro atoms. The molecule has 0 aromatic carbocycles. The standard InChI is InChI=1S/C56H94N6O26S/c1-28(63)75-27-37-41(77-30(3)65)38(62-51(72)87-56(17,18)19)42(78-31(4)66)46(80-37)82-39-34(59-44(67)36(76-29(2)64)23-24-57-47(68)83-52(5,6)7)25-35(61-50(71)86-55(14,15)16)40(43(39)88-89(20,73)74)81-45-33(60-49(70)85-54(11,12)13)22-21-32(79-45)26-58-48(69)84-53(8,9)10/h32-43,45-46H,21-27H2,1-20H3,(H,57,68)(H,58,69)(H,59,67)(H,60,70)(H,61,71)(H,62,72)/t32?,33?,34-,35+,36+,37?,38+,39-,40?,41+,42?,43?,45+,46+/m1/s1. The van der Waals surface area contributed by atoms with E-state index < -0.39 is 203 Å². The summed E-state index contributed by atoms with van der Waals surface area (Å²) in [6.07, 6.45) is -23.3. The number of carbonyl (C=O) groups is 10. The largest absolute Gasteiger partial charge is 0.463 e. The van der Waals surface area contributed by atoms with Gasteiger partial charge in [-0.25, -0.2) is 24.0 Å². The van der Waals surface area contributed by atoms with Crippen molar-refractivity contribution >= 4 is 70.4 Å². The van der Waals surface area contributed by atoms with Crippen molar-refractivity contribution in [2.45, 2.75) is 271 Å². The second-order valence-electron chi connectivity index (χ2n) is 26.4. The van der Waals surface area contributed by atoms with Gasteiger partial charge in [0.05, 0.1) is 30.5 Å². The van der Waals surface area contributed by atoms with Gasteiger partial charge in [-0.2, -0.15) is 8.42 Å². The molecule has 2 aliphatic heterocycles. The molecule has 2 heterocycles. The van der Waals surface area contributed by atoms with Crippen LogP contribution in [0.25, 0.3) is 0 Å². The van der Waals surface area contributed by atoms with Gasteiger partial charge in [0.1, 0.15) is 65.1 Å². The van der Waals surface area contributed by atoms with Crippen LogP contribution in [0, 0.1) is 0 Å². The summed E-state index contributed by atoms with van der Waals surface area (Å²) in [6.45, 7) is 26.5. The molecule has 14 atom stereocenters. The summed E-state index contributed by atoms with van der Waals surface area (Å²) in [4.78, 5) is 133. The van der Waals surface area contributed by atoms with Gasteiger partial charge in [-0.15, -0.1) is 0 Å². The van der Waals surface area contributed by atoms with Crippen LogP contribution in [0.15, 0.2) is 0 Å². The molecule has 0 aromatic heterocycles. The minimum Gasteiger partial charge on any atom is -0.463 e. The average Bonchev–Trinajstić information content (AvgIpc) is 0.867. The second kappa shape index (κ2) is 32.0. The zero-order valence-corrected chi connectivity index (χ0v) is 55.4. The first-order valence-corrected chi connectivity index (χ1v) is 30.7. The Hall–Kier alpha value is -6.55. The normalized spacial score (nSPS) is 26.2. The molecule has 510 valence electrons. The molecule has 1 saturated carbocycles. The number of hydrogen-bond acceptors (Lipinski definition) is 26. The van der Waals surface area contributed by atoms with Crippen LogP contribution in [-0.2, 0) is 99.9 Å². The first kappa shape index (κ1) is 76.7. The van der Waals surface area contributed by atoms with E-state index in [-0.39, 0.29) is 25.9 Å². The van der Waals surface area contributed by atoms with Crippen LogP contribution in [0.5, 0.6) is 0 Å². The minimum absolute atomic E-state index is 0.0250. The second-order valence-corrected chi connectivity index (χ2v) is 28.0. The summed E-state index contributed by atoms with van der Waals surface area (Å²) in [5.74, 6) is -5.01. The van der Waals surface area contributed by atoms with Gasteiger partial charge in [-0.05, 0) is 123 Å². The summed E-state index contributed by atoms with van der Waals surface area (Å²) in [6, 6.07) is -6.27. The molecule has 3 fully saturated rings. The lowest BCUT2D eigenvalue weighted by atomic mass is 9.83. The van der Waals surface area contributed by atoms with E-state index in [1.165, 1.54) is 20.8 Å². The zero-order chi connectivity index (χ0) is 67.9. The van der Waals surface area contributed by atoms with E-state index in [1.54, 1.807) is 83.1 Å². The topological polar surface area (TPSA) is 406 Å². The Balaban J connectivity index is 2.51. The van der Waals surface area contributed by atoms with E-state index in [0.717, 1.165) is 27.7 Å². The SMILES string of the molecule is CC(=O)OCC1O[C@@H](O[C@H]2C(OS(C)(=O)=O)C(O[C@@H]3OC(CNC(=O)OC(C)(C)C)CCC3NC(=O)OC(C)(C)C)[C@@H](NC(=O)OC(C)(C)C)C[C@H]2NC(=O)[C@H](CCNC(=O)OC(C)(C)C)OC(C)=O)C(OC(C)=O)[C@@H](NC(=O)OC(C)(C)C)[C@H]1OC(C)=O. The molecular formula is C56H94N6O26S. The van der Waals surface area contributed by atoms with E-state index in [9.17, 15) is 56.4 Å². The summed E-state index contributed by atoms with van der Waals surface area (Å²) in [5.41, 5.74) is -5.24. The van der Waals surface area contributed by atoms with Gasteiger partial charge < -0.3 is 93.5 Å². The zero-order valence-electron chi connectivity index (χ0n) is 54.6. The fraction of sp³-hybridized carbons (Fsp3) is 0.821. The van der Waals surface area contributed by atoms with E-state index >= 15 is 0 Å². The molecule has 0 bridgehead atoms. The molecule has 2 saturated heterocycles. The molecule has 32 nitrogen and oxygen atoms in total. The van der Waals surface area contributed by atoms with Gasteiger partial charge >= 0.3 is 54.3 Å². The molecule has 6 unspecified atom stereocenters. The molecule has 6 N–H and O–H groups in total. The third-order valence-electron chi connectivity index (χ3n) is 11.9. The lowest BCUT2D eigenvalue weighted by Crippen LogP contribution is -2.71. The molecule has 6 amide bonds. The number of hydrogen-bond donors (Lipinski definition) is 6. The number of nitrogens with one attached hydrogen (secondary N) is 6. The van der Waals surface area contributed by atoms with Crippen molar-refractivity contribution in [2.24, 2.45) is 0 Å². The van der Waals surface area contributed by atoms with Crippen molar-refractivity contribution in [3.8, 4) is 0 Å². The fourth-order valence-corrected chi connectivity index (χ4v) is 9.72. The monoisotopic (exact) mass is 1300 g/mol. The first-order valence-electron chi connectivity index (χ1n) is 28.9. The number of alkyl carbamates (subject to hydrolysis) is 5. The molecule has 33 heteroatoms. The Kier molecular flexibility index (Phi) is 27.5. The quantitative estimate of drug-likeness (QED) is 0.0542. The van der Waals surface area contributed by atoms with Crippen molar-refractivity contribution in [2.75, 3.05) is 26.0 Å². The Bertz CT molecular complexity index is 2590. The van der Waals surface area contributed by atoms with Crippen LogP contribution in [-0.4, -0.2) is 208 Å². The molecular weight excluding hydrogens is 1200 g/mol. The predicted octanol–water partition coefficient (Wildman–Crippen LogP) is 3.70. The Labute approximate surface area is 519 Å². The van der Waals surface area contributed by atoms with Gasteiger partial charge in [0, 0.05) is 47.2 Å². The molecule has 3 rings (SSSR count). The third-order valence-corrected chi connectivity index (χ3v) is 12.5. The summed E-state index contributed by atoms with van der Waals surface area (Å²) < 4.78 is 110. The van der Waals surface area contributed by atoms with Crippen molar-refractivity contribution in [1.82, 2.24) is 31.9 Å². The van der Waals surface area contributed by atoms with Gasteiger partial charge in [-0.3, -0.25) is 28.2 Å². The average molecular weight is 1300 g/mol. The number of ether oxygens (including phenoxy) is 13. The molecule has 0 aromatic rings. The summed E-state index contributed by atoms with van der Waals surface area (Å²) in [7, 11) is -4.84. The Morgan fingerprint density at radius 3 is 1.42 bits per heavy atom. The lowest BCUT2D eigenvalue weighted by Gasteiger charge is -2.50. The highest BCUT2D eigenvalue weighted by Crippen LogP contribution is 2.37. The summed E-state index contributed by atoms with van der Waals surface area (Å²) >= 11 is 0. The number of rotatable bonds is 21. The van der Waals surface area contributed by atoms with Crippen LogP contribution in [0.2, 0.25) is 0 Å². The predicted molar refractivity (Wildman–Crippen MR) is 308 cm³/mol. The summed E-state index contributed by atoms with van der Waals surface area (Å²) in [5, 5.41) is 15.7. The third kappa shape index (κ3) is 29.3. The maximum atomic E-state index is 14.8. The Morgan fingerprint density at radius 2 is 0.944 bits per heavy atom. The number of carbonyl (C=O) groups excluding carboxylic acids is 10.